The van der Waals surface area contributed by atoms with Crippen LogP contribution >= 0.6 is 0 Å². The second-order valence-electron chi connectivity index (χ2n) is 8.97. The summed E-state index contributed by atoms with van der Waals surface area (Å²) in [6.45, 7) is 2.56. The number of amides is 1. The number of rotatable bonds is 4. The number of carbonyl (C=O) groups is 1. The van der Waals surface area contributed by atoms with Gasteiger partial charge in [-0.05, 0) is 68.2 Å². The average molecular weight is 420 g/mol. The van der Waals surface area contributed by atoms with Gasteiger partial charge in [-0.15, -0.1) is 0 Å². The molecule has 2 fully saturated rings. The lowest BCUT2D eigenvalue weighted by Crippen LogP contribution is -2.36. The van der Waals surface area contributed by atoms with Gasteiger partial charge in [-0.25, -0.2) is 5.06 Å². The molecule has 0 N–H and O–H groups in total. The lowest BCUT2D eigenvalue weighted by Gasteiger charge is -2.32. The van der Waals surface area contributed by atoms with Gasteiger partial charge in [0.2, 0.25) is 5.91 Å². The van der Waals surface area contributed by atoms with Crippen molar-refractivity contribution in [2.24, 2.45) is 18.9 Å². The molecule has 31 heavy (non-hydrogen) atoms. The topological polar surface area (TPSA) is 73.1 Å². The van der Waals surface area contributed by atoms with E-state index in [0.717, 1.165) is 60.8 Å². The highest BCUT2D eigenvalue weighted by atomic mass is 16.7. The second-order valence-corrected chi connectivity index (χ2v) is 8.97. The Bertz CT molecular complexity index is 1070. The quantitative estimate of drug-likeness (QED) is 0.641. The molecule has 0 bridgehead atoms. The van der Waals surface area contributed by atoms with Crippen LogP contribution in [0.2, 0.25) is 0 Å². The number of fused-ring (bicyclic) bond motifs is 1. The standard InChI is InChI=1S/C24H29N5O2/c1-16-3-6-20(14-25-16)22-9-10-31-29(22)24(30)19-7-4-17(5-8-19)11-18-12-23-21(26-13-18)15-27-28(23)2/h3,6,12-15,17,19,22H,4-5,7-11H2,1-2H3/t17-,19-,22-/m0/s1. The SMILES string of the molecule is Cc1ccc([C@@H]2CCON2C(=O)[C@H]2CC[C@H](Cc3cnc4cnn(C)c4c3)CC2)cn1. The van der Waals surface area contributed by atoms with Crippen molar-refractivity contribution in [3.05, 3.63) is 53.6 Å². The van der Waals surface area contributed by atoms with Crippen molar-refractivity contribution in [2.45, 2.75) is 51.5 Å². The molecule has 1 saturated heterocycles. The van der Waals surface area contributed by atoms with Crippen LogP contribution in [0, 0.1) is 18.8 Å². The number of hydrogen-bond acceptors (Lipinski definition) is 5. The van der Waals surface area contributed by atoms with E-state index < -0.39 is 0 Å². The zero-order chi connectivity index (χ0) is 21.4. The number of hydroxylamine groups is 2. The van der Waals surface area contributed by atoms with Crippen molar-refractivity contribution in [3.63, 3.8) is 0 Å². The Balaban J connectivity index is 1.20. The Morgan fingerprint density at radius 1 is 1.10 bits per heavy atom. The number of carbonyl (C=O) groups excluding carboxylic acids is 1. The van der Waals surface area contributed by atoms with Crippen LogP contribution in [-0.2, 0) is 23.1 Å². The lowest BCUT2D eigenvalue weighted by molar-refractivity contribution is -0.183. The van der Waals surface area contributed by atoms with Crippen LogP contribution in [0.4, 0.5) is 0 Å². The maximum absolute atomic E-state index is 13.2. The molecule has 1 amide bonds. The van der Waals surface area contributed by atoms with Gasteiger partial charge >= 0.3 is 0 Å². The molecule has 0 unspecified atom stereocenters. The molecule has 1 atom stereocenters. The number of pyridine rings is 2. The number of aryl methyl sites for hydroxylation is 2. The first kappa shape index (κ1) is 20.1. The van der Waals surface area contributed by atoms with E-state index in [-0.39, 0.29) is 17.9 Å². The Hall–Kier alpha value is -2.80. The van der Waals surface area contributed by atoms with Crippen molar-refractivity contribution in [3.8, 4) is 0 Å². The zero-order valence-corrected chi connectivity index (χ0v) is 18.2. The summed E-state index contributed by atoms with van der Waals surface area (Å²) >= 11 is 0. The van der Waals surface area contributed by atoms with E-state index in [1.165, 1.54) is 5.56 Å². The fourth-order valence-electron chi connectivity index (χ4n) is 4.97. The van der Waals surface area contributed by atoms with Gasteiger partial charge in [0.05, 0.1) is 24.4 Å². The minimum Gasteiger partial charge on any atom is -0.272 e. The maximum atomic E-state index is 13.2. The van der Waals surface area contributed by atoms with Crippen LogP contribution < -0.4 is 0 Å². The molecule has 7 nitrogen and oxygen atoms in total. The summed E-state index contributed by atoms with van der Waals surface area (Å²) in [5.41, 5.74) is 5.30. The van der Waals surface area contributed by atoms with Crippen molar-refractivity contribution < 1.29 is 9.63 Å². The van der Waals surface area contributed by atoms with Gasteiger partial charge in [-0.3, -0.25) is 24.3 Å². The first-order valence-electron chi connectivity index (χ1n) is 11.2. The summed E-state index contributed by atoms with van der Waals surface area (Å²) in [5, 5.41) is 5.92. The molecule has 3 aromatic rings. The third-order valence-electron chi connectivity index (χ3n) is 6.82. The highest BCUT2D eigenvalue weighted by Crippen LogP contribution is 2.37. The molecule has 1 aliphatic heterocycles. The molecular formula is C24H29N5O2. The largest absolute Gasteiger partial charge is 0.272 e. The number of aromatic nitrogens is 4. The van der Waals surface area contributed by atoms with Gasteiger partial charge < -0.3 is 0 Å². The minimum absolute atomic E-state index is 0.0185. The number of nitrogens with zero attached hydrogens (tertiary/aromatic N) is 5. The molecule has 0 aromatic carbocycles. The van der Waals surface area contributed by atoms with Gasteiger partial charge in [0.1, 0.15) is 5.52 Å². The van der Waals surface area contributed by atoms with Crippen LogP contribution in [0.25, 0.3) is 11.0 Å². The lowest BCUT2D eigenvalue weighted by atomic mass is 9.79. The molecule has 162 valence electrons. The maximum Gasteiger partial charge on any atom is 0.249 e. The molecule has 0 radical (unpaired) electrons. The zero-order valence-electron chi connectivity index (χ0n) is 18.2. The Kier molecular flexibility index (Phi) is 5.44. The first-order chi connectivity index (χ1) is 15.1. The Labute approximate surface area is 182 Å². The molecule has 7 heteroatoms. The molecule has 3 aromatic heterocycles. The predicted molar refractivity (Wildman–Crippen MR) is 117 cm³/mol. The van der Waals surface area contributed by atoms with Gasteiger partial charge in [0.25, 0.3) is 0 Å². The Morgan fingerprint density at radius 3 is 2.71 bits per heavy atom. The van der Waals surface area contributed by atoms with E-state index in [1.54, 1.807) is 11.3 Å². The fourth-order valence-corrected chi connectivity index (χ4v) is 4.97. The van der Waals surface area contributed by atoms with Crippen LogP contribution in [0.1, 0.15) is 55.0 Å². The summed E-state index contributed by atoms with van der Waals surface area (Å²) in [5.74, 6) is 0.778. The van der Waals surface area contributed by atoms with E-state index in [2.05, 4.69) is 27.2 Å². The molecular weight excluding hydrogens is 390 g/mol. The molecule has 4 heterocycles. The van der Waals surface area contributed by atoms with Crippen molar-refractivity contribution in [1.29, 1.82) is 0 Å². The highest BCUT2D eigenvalue weighted by Gasteiger charge is 2.37. The minimum atomic E-state index is -0.0185. The summed E-state index contributed by atoms with van der Waals surface area (Å²) in [6.07, 6.45) is 11.4. The molecule has 1 saturated carbocycles. The van der Waals surface area contributed by atoms with Crippen LogP contribution in [0.3, 0.4) is 0 Å². The van der Waals surface area contributed by atoms with Gasteiger partial charge in [-0.1, -0.05) is 6.07 Å². The smallest absolute Gasteiger partial charge is 0.249 e. The van der Waals surface area contributed by atoms with E-state index in [9.17, 15) is 4.79 Å². The third-order valence-corrected chi connectivity index (χ3v) is 6.82. The molecule has 0 spiro atoms. The monoisotopic (exact) mass is 419 g/mol. The van der Waals surface area contributed by atoms with Gasteiger partial charge in [-0.2, -0.15) is 5.10 Å². The second kappa shape index (κ2) is 8.38. The summed E-state index contributed by atoms with van der Waals surface area (Å²) in [4.78, 5) is 27.9. The number of hydrogen-bond donors (Lipinski definition) is 0. The molecule has 5 rings (SSSR count). The highest BCUT2D eigenvalue weighted by molar-refractivity contribution is 5.78. The third kappa shape index (κ3) is 4.06. The van der Waals surface area contributed by atoms with E-state index >= 15 is 0 Å². The van der Waals surface area contributed by atoms with Crippen molar-refractivity contribution >= 4 is 16.9 Å². The van der Waals surface area contributed by atoms with Gasteiger partial charge in [0.15, 0.2) is 0 Å². The fraction of sp³-hybridized carbons (Fsp3) is 0.500. The van der Waals surface area contributed by atoms with Crippen LogP contribution in [0.15, 0.2) is 36.8 Å². The normalized spacial score (nSPS) is 24.1. The molecule has 2 aliphatic rings. The van der Waals surface area contributed by atoms with E-state index in [1.807, 2.05) is 37.1 Å². The first-order valence-corrected chi connectivity index (χ1v) is 11.2. The summed E-state index contributed by atoms with van der Waals surface area (Å²) in [7, 11) is 1.95. The van der Waals surface area contributed by atoms with E-state index in [4.69, 9.17) is 4.84 Å². The van der Waals surface area contributed by atoms with E-state index in [0.29, 0.717) is 12.5 Å². The van der Waals surface area contributed by atoms with Crippen LogP contribution in [0.5, 0.6) is 0 Å². The van der Waals surface area contributed by atoms with Crippen LogP contribution in [-0.4, -0.2) is 37.3 Å². The van der Waals surface area contributed by atoms with Crippen molar-refractivity contribution in [1.82, 2.24) is 24.8 Å². The Morgan fingerprint density at radius 2 is 1.94 bits per heavy atom. The predicted octanol–water partition coefficient (Wildman–Crippen LogP) is 3.93. The molecule has 1 aliphatic carbocycles. The van der Waals surface area contributed by atoms with Crippen molar-refractivity contribution in [2.75, 3.05) is 6.61 Å². The van der Waals surface area contributed by atoms with Gasteiger partial charge in [0, 0.05) is 37.5 Å². The summed E-state index contributed by atoms with van der Waals surface area (Å²) < 4.78 is 1.87. The average Bonchev–Trinajstić information content (AvgIpc) is 3.42. The summed E-state index contributed by atoms with van der Waals surface area (Å²) in [6, 6.07) is 6.24.